The van der Waals surface area contributed by atoms with Gasteiger partial charge in [0.25, 0.3) is 0 Å². The summed E-state index contributed by atoms with van der Waals surface area (Å²) >= 11 is 0. The first-order valence-corrected chi connectivity index (χ1v) is 8.38. The molecule has 3 rings (SSSR count). The highest BCUT2D eigenvalue weighted by molar-refractivity contribution is 5.09. The summed E-state index contributed by atoms with van der Waals surface area (Å²) in [5.74, 6) is 1.89. The van der Waals surface area contributed by atoms with E-state index in [0.717, 1.165) is 24.4 Å². The van der Waals surface area contributed by atoms with Crippen LogP contribution < -0.4 is 5.73 Å². The van der Waals surface area contributed by atoms with Crippen LogP contribution in [0.5, 0.6) is 0 Å². The van der Waals surface area contributed by atoms with Gasteiger partial charge >= 0.3 is 0 Å². The average molecular weight is 265 g/mol. The zero-order valence-corrected chi connectivity index (χ0v) is 12.8. The van der Waals surface area contributed by atoms with Gasteiger partial charge in [-0.3, -0.25) is 9.80 Å². The maximum Gasteiger partial charge on any atom is 0.0363 e. The minimum absolute atomic E-state index is 0.379. The Balaban J connectivity index is 1.64. The molecule has 110 valence electrons. The second-order valence-electron chi connectivity index (χ2n) is 7.17. The van der Waals surface area contributed by atoms with E-state index in [1.165, 1.54) is 58.3 Å². The fourth-order valence-electron chi connectivity index (χ4n) is 5.05. The van der Waals surface area contributed by atoms with E-state index in [-0.39, 0.29) is 0 Å². The standard InChI is InChI=1S/C16H31N3/c1-3-13(2)18-6-8-19(9-7-18)16(12-17)11-14-4-5-15(16)10-14/h13-15H,3-12,17H2,1-2H3. The number of hydrogen-bond acceptors (Lipinski definition) is 3. The van der Waals surface area contributed by atoms with Crippen LogP contribution in [0.1, 0.15) is 46.0 Å². The van der Waals surface area contributed by atoms with Gasteiger partial charge in [-0.1, -0.05) is 13.3 Å². The summed E-state index contributed by atoms with van der Waals surface area (Å²) in [5.41, 5.74) is 6.63. The van der Waals surface area contributed by atoms with Crippen LogP contribution in [0.4, 0.5) is 0 Å². The Morgan fingerprint density at radius 3 is 2.42 bits per heavy atom. The highest BCUT2D eigenvalue weighted by Crippen LogP contribution is 2.53. The van der Waals surface area contributed by atoms with Crippen molar-refractivity contribution < 1.29 is 0 Å². The molecule has 0 aromatic carbocycles. The first-order valence-electron chi connectivity index (χ1n) is 8.38. The molecule has 0 amide bonds. The summed E-state index contributed by atoms with van der Waals surface area (Å²) in [6.07, 6.45) is 7.03. The molecule has 19 heavy (non-hydrogen) atoms. The van der Waals surface area contributed by atoms with Crippen molar-refractivity contribution in [2.24, 2.45) is 17.6 Å². The van der Waals surface area contributed by atoms with Crippen molar-refractivity contribution in [2.75, 3.05) is 32.7 Å². The van der Waals surface area contributed by atoms with Crippen molar-refractivity contribution >= 4 is 0 Å². The summed E-state index contributed by atoms with van der Waals surface area (Å²) in [6.45, 7) is 10.5. The van der Waals surface area contributed by atoms with Crippen LogP contribution in [0.2, 0.25) is 0 Å². The number of rotatable bonds is 4. The van der Waals surface area contributed by atoms with Crippen LogP contribution in [0, 0.1) is 11.8 Å². The van der Waals surface area contributed by atoms with Gasteiger partial charge in [-0.2, -0.15) is 0 Å². The van der Waals surface area contributed by atoms with E-state index in [4.69, 9.17) is 5.73 Å². The SMILES string of the molecule is CCC(C)N1CCN(C2(CN)CC3CCC2C3)CC1. The van der Waals surface area contributed by atoms with Crippen molar-refractivity contribution in [3.05, 3.63) is 0 Å². The van der Waals surface area contributed by atoms with Crippen molar-refractivity contribution in [2.45, 2.75) is 57.5 Å². The van der Waals surface area contributed by atoms with Crippen molar-refractivity contribution in [1.29, 1.82) is 0 Å². The summed E-state index contributed by atoms with van der Waals surface area (Å²) in [6, 6.07) is 0.746. The lowest BCUT2D eigenvalue weighted by Crippen LogP contribution is -2.63. The first-order chi connectivity index (χ1) is 9.19. The van der Waals surface area contributed by atoms with Crippen molar-refractivity contribution in [3.63, 3.8) is 0 Å². The van der Waals surface area contributed by atoms with Gasteiger partial charge in [-0.15, -0.1) is 0 Å². The van der Waals surface area contributed by atoms with Gasteiger partial charge in [0, 0.05) is 44.3 Å². The maximum atomic E-state index is 6.25. The molecule has 3 heteroatoms. The van der Waals surface area contributed by atoms with E-state index < -0.39 is 0 Å². The van der Waals surface area contributed by atoms with Gasteiger partial charge in [0.1, 0.15) is 0 Å². The topological polar surface area (TPSA) is 32.5 Å². The summed E-state index contributed by atoms with van der Waals surface area (Å²) < 4.78 is 0. The Bertz CT molecular complexity index is 311. The van der Waals surface area contributed by atoms with Gasteiger partial charge in [0.05, 0.1) is 0 Å². The van der Waals surface area contributed by atoms with E-state index in [1.807, 2.05) is 0 Å². The molecular weight excluding hydrogens is 234 g/mol. The second kappa shape index (κ2) is 5.34. The van der Waals surface area contributed by atoms with Crippen molar-refractivity contribution in [1.82, 2.24) is 9.80 Å². The van der Waals surface area contributed by atoms with Crippen LogP contribution in [0.25, 0.3) is 0 Å². The summed E-state index contributed by atoms with van der Waals surface area (Å²) in [4.78, 5) is 5.43. The van der Waals surface area contributed by atoms with Gasteiger partial charge < -0.3 is 5.73 Å². The predicted molar refractivity (Wildman–Crippen MR) is 80.1 cm³/mol. The van der Waals surface area contributed by atoms with Crippen LogP contribution in [0.3, 0.4) is 0 Å². The Morgan fingerprint density at radius 1 is 1.21 bits per heavy atom. The predicted octanol–water partition coefficient (Wildman–Crippen LogP) is 1.92. The Labute approximate surface area is 118 Å². The third-order valence-corrected chi connectivity index (χ3v) is 6.45. The van der Waals surface area contributed by atoms with Crippen molar-refractivity contribution in [3.8, 4) is 0 Å². The van der Waals surface area contributed by atoms with Crippen LogP contribution in [-0.2, 0) is 0 Å². The molecule has 2 aliphatic carbocycles. The molecule has 4 unspecified atom stereocenters. The van der Waals surface area contributed by atoms with E-state index >= 15 is 0 Å². The largest absolute Gasteiger partial charge is 0.329 e. The monoisotopic (exact) mass is 265 g/mol. The molecule has 3 nitrogen and oxygen atoms in total. The third-order valence-electron chi connectivity index (χ3n) is 6.45. The average Bonchev–Trinajstić information content (AvgIpc) is 3.07. The Hall–Kier alpha value is -0.120. The summed E-state index contributed by atoms with van der Waals surface area (Å²) in [5, 5.41) is 0. The minimum Gasteiger partial charge on any atom is -0.329 e. The first kappa shape index (κ1) is 13.8. The van der Waals surface area contributed by atoms with Gasteiger partial charge in [0.2, 0.25) is 0 Å². The molecule has 0 spiro atoms. The second-order valence-corrected chi connectivity index (χ2v) is 7.17. The minimum atomic E-state index is 0.379. The molecule has 0 radical (unpaired) electrons. The Morgan fingerprint density at radius 2 is 1.95 bits per heavy atom. The molecule has 2 saturated carbocycles. The quantitative estimate of drug-likeness (QED) is 0.843. The number of nitrogens with two attached hydrogens (primary N) is 1. The van der Waals surface area contributed by atoms with Gasteiger partial charge in [-0.25, -0.2) is 0 Å². The molecule has 1 heterocycles. The summed E-state index contributed by atoms with van der Waals surface area (Å²) in [7, 11) is 0. The molecule has 2 bridgehead atoms. The van der Waals surface area contributed by atoms with Gasteiger partial charge in [-0.05, 0) is 44.4 Å². The lowest BCUT2D eigenvalue weighted by molar-refractivity contribution is -0.00743. The van der Waals surface area contributed by atoms with E-state index in [2.05, 4.69) is 23.6 Å². The number of hydrogen-bond donors (Lipinski definition) is 1. The molecule has 3 fully saturated rings. The third kappa shape index (κ3) is 2.24. The molecule has 3 aliphatic rings. The molecule has 0 aromatic heterocycles. The zero-order chi connectivity index (χ0) is 13.5. The van der Waals surface area contributed by atoms with E-state index in [1.54, 1.807) is 0 Å². The molecule has 1 aliphatic heterocycles. The number of piperazine rings is 1. The van der Waals surface area contributed by atoms with Crippen LogP contribution >= 0.6 is 0 Å². The van der Waals surface area contributed by atoms with E-state index in [0.29, 0.717) is 5.54 Å². The lowest BCUT2D eigenvalue weighted by Gasteiger charge is -2.50. The molecule has 2 N–H and O–H groups in total. The van der Waals surface area contributed by atoms with E-state index in [9.17, 15) is 0 Å². The molecule has 4 atom stereocenters. The molecular formula is C16H31N3. The maximum absolute atomic E-state index is 6.25. The highest BCUT2D eigenvalue weighted by atomic mass is 15.3. The fourth-order valence-corrected chi connectivity index (χ4v) is 5.05. The zero-order valence-electron chi connectivity index (χ0n) is 12.8. The molecule has 0 aromatic rings. The smallest absolute Gasteiger partial charge is 0.0363 e. The van der Waals surface area contributed by atoms with Crippen LogP contribution in [0.15, 0.2) is 0 Å². The number of nitrogens with zero attached hydrogens (tertiary/aromatic N) is 2. The Kier molecular flexibility index (Phi) is 3.89. The van der Waals surface area contributed by atoms with Crippen LogP contribution in [-0.4, -0.2) is 54.1 Å². The molecule has 1 saturated heterocycles. The fraction of sp³-hybridized carbons (Fsp3) is 1.00. The highest BCUT2D eigenvalue weighted by Gasteiger charge is 2.53. The number of fused-ring (bicyclic) bond motifs is 2. The normalized spacial score (nSPS) is 41.8. The van der Waals surface area contributed by atoms with Gasteiger partial charge in [0.15, 0.2) is 0 Å². The lowest BCUT2D eigenvalue weighted by atomic mass is 9.79.